The van der Waals surface area contributed by atoms with E-state index in [1.807, 2.05) is 0 Å². The second-order valence-electron chi connectivity index (χ2n) is 7.79. The molecule has 37 heavy (non-hydrogen) atoms. The van der Waals surface area contributed by atoms with E-state index in [-0.39, 0.29) is 30.4 Å². The predicted molar refractivity (Wildman–Crippen MR) is 133 cm³/mol. The standard InChI is InChI=1S/C23H22F2N6O4S2/c24-19-9-4-10-20(25)21(19)37(34,35)29-12-2-1-6-16-15-27-23-30-17-7-3-8-18(14-17)36(32,33)28-13-5-11-26-22(16)31-23/h3-4,7-10,14-15,28-29H,2,5,11-13H2,(H2,26,27,30,31). The van der Waals surface area contributed by atoms with Gasteiger partial charge in [0.2, 0.25) is 26.0 Å². The van der Waals surface area contributed by atoms with Crippen LogP contribution in [0.2, 0.25) is 0 Å². The van der Waals surface area contributed by atoms with Crippen molar-refractivity contribution in [1.29, 1.82) is 0 Å². The predicted octanol–water partition coefficient (Wildman–Crippen LogP) is 2.31. The minimum absolute atomic E-state index is 0.0450. The first-order valence-electron chi connectivity index (χ1n) is 11.1. The number of anilines is 3. The van der Waals surface area contributed by atoms with Crippen LogP contribution in [0, 0.1) is 23.5 Å². The van der Waals surface area contributed by atoms with E-state index < -0.39 is 36.6 Å². The fourth-order valence-electron chi connectivity index (χ4n) is 3.34. The molecule has 2 aromatic carbocycles. The first kappa shape index (κ1) is 26.4. The van der Waals surface area contributed by atoms with Crippen LogP contribution < -0.4 is 20.1 Å². The Kier molecular flexibility index (Phi) is 7.98. The quantitative estimate of drug-likeness (QED) is 0.288. The van der Waals surface area contributed by atoms with Gasteiger partial charge in [-0.05, 0) is 36.8 Å². The van der Waals surface area contributed by atoms with E-state index in [1.165, 1.54) is 18.3 Å². The third-order valence-corrected chi connectivity index (χ3v) is 8.05. The normalized spacial score (nSPS) is 15.0. The van der Waals surface area contributed by atoms with E-state index in [9.17, 15) is 25.6 Å². The van der Waals surface area contributed by atoms with Crippen molar-refractivity contribution in [2.75, 3.05) is 30.3 Å². The molecule has 4 N–H and O–H groups in total. The highest BCUT2D eigenvalue weighted by atomic mass is 32.2. The largest absolute Gasteiger partial charge is 0.369 e. The molecule has 0 radical (unpaired) electrons. The molecule has 2 heterocycles. The summed E-state index contributed by atoms with van der Waals surface area (Å²) >= 11 is 0. The van der Waals surface area contributed by atoms with Crippen LogP contribution in [0.25, 0.3) is 0 Å². The van der Waals surface area contributed by atoms with Crippen molar-refractivity contribution in [3.8, 4) is 11.8 Å². The van der Waals surface area contributed by atoms with Crippen LogP contribution in [0.4, 0.5) is 26.2 Å². The highest BCUT2D eigenvalue weighted by molar-refractivity contribution is 7.89. The summed E-state index contributed by atoms with van der Waals surface area (Å²) in [6, 6.07) is 9.04. The van der Waals surface area contributed by atoms with Gasteiger partial charge in [-0.1, -0.05) is 24.0 Å². The Hall–Kier alpha value is -3.64. The molecule has 10 nitrogen and oxygen atoms in total. The number of sulfonamides is 2. The van der Waals surface area contributed by atoms with Crippen molar-refractivity contribution >= 4 is 37.5 Å². The Labute approximate surface area is 213 Å². The summed E-state index contributed by atoms with van der Waals surface area (Å²) in [6.07, 6.45) is 1.98. The number of aromatic nitrogens is 2. The molecular weight excluding hydrogens is 526 g/mol. The van der Waals surface area contributed by atoms with Crippen LogP contribution in [-0.4, -0.2) is 46.4 Å². The maximum absolute atomic E-state index is 13.8. The van der Waals surface area contributed by atoms with E-state index >= 15 is 0 Å². The fourth-order valence-corrected chi connectivity index (χ4v) is 5.62. The van der Waals surface area contributed by atoms with E-state index in [1.54, 1.807) is 12.1 Å². The highest BCUT2D eigenvalue weighted by Gasteiger charge is 2.23. The number of halogens is 2. The molecule has 0 amide bonds. The Morgan fingerprint density at radius 1 is 1.08 bits per heavy atom. The molecule has 1 aliphatic rings. The number of hydrogen-bond donors (Lipinski definition) is 4. The van der Waals surface area contributed by atoms with Gasteiger partial charge < -0.3 is 10.6 Å². The minimum Gasteiger partial charge on any atom is -0.369 e. The summed E-state index contributed by atoms with van der Waals surface area (Å²) in [5, 5.41) is 6.07. The summed E-state index contributed by atoms with van der Waals surface area (Å²) in [7, 11) is -8.06. The van der Waals surface area contributed by atoms with Gasteiger partial charge in [0.05, 0.1) is 16.7 Å². The number of nitrogens with zero attached hydrogens (tertiary/aromatic N) is 2. The van der Waals surface area contributed by atoms with Gasteiger partial charge in [-0.25, -0.2) is 40.0 Å². The Balaban J connectivity index is 1.48. The molecule has 0 fully saturated rings. The minimum atomic E-state index is -4.39. The summed E-state index contributed by atoms with van der Waals surface area (Å²) in [5.74, 6) is 3.89. The molecule has 0 saturated carbocycles. The van der Waals surface area contributed by atoms with Gasteiger partial charge in [0.15, 0.2) is 4.90 Å². The number of rotatable bonds is 4. The van der Waals surface area contributed by atoms with Crippen LogP contribution in [-0.2, 0) is 20.0 Å². The molecule has 14 heteroatoms. The molecule has 1 aromatic heterocycles. The molecule has 1 aliphatic heterocycles. The lowest BCUT2D eigenvalue weighted by atomic mass is 10.2. The van der Waals surface area contributed by atoms with Crippen molar-refractivity contribution in [2.24, 2.45) is 0 Å². The molecule has 3 aromatic rings. The third-order valence-electron chi connectivity index (χ3n) is 5.08. The lowest BCUT2D eigenvalue weighted by Crippen LogP contribution is -2.26. The topological polar surface area (TPSA) is 142 Å². The van der Waals surface area contributed by atoms with E-state index in [0.29, 0.717) is 30.0 Å². The average Bonchev–Trinajstić information content (AvgIpc) is 2.84. The van der Waals surface area contributed by atoms with Gasteiger partial charge in [0.25, 0.3) is 0 Å². The molecule has 4 bridgehead atoms. The SMILES string of the molecule is O=S1(=O)NCCCNc2nc(ncc2C#CCCNS(=O)(=O)c2c(F)cccc2F)Nc2cccc1c2. The van der Waals surface area contributed by atoms with Crippen molar-refractivity contribution in [3.63, 3.8) is 0 Å². The first-order valence-corrected chi connectivity index (χ1v) is 14.0. The zero-order valence-corrected chi connectivity index (χ0v) is 20.9. The lowest BCUT2D eigenvalue weighted by Gasteiger charge is -2.10. The zero-order chi connectivity index (χ0) is 26.5. The molecule has 194 valence electrons. The van der Waals surface area contributed by atoms with Crippen LogP contribution in [0.15, 0.2) is 58.5 Å². The third kappa shape index (κ3) is 6.57. The average molecular weight is 549 g/mol. The second-order valence-corrected chi connectivity index (χ2v) is 11.3. The van der Waals surface area contributed by atoms with Crippen molar-refractivity contribution < 1.29 is 25.6 Å². The summed E-state index contributed by atoms with van der Waals surface area (Å²) < 4.78 is 81.7. The van der Waals surface area contributed by atoms with E-state index in [2.05, 4.69) is 41.9 Å². The number of benzene rings is 2. The molecule has 0 saturated heterocycles. The van der Waals surface area contributed by atoms with Crippen molar-refractivity contribution in [2.45, 2.75) is 22.6 Å². The Morgan fingerprint density at radius 3 is 2.62 bits per heavy atom. The molecule has 0 aliphatic carbocycles. The maximum Gasteiger partial charge on any atom is 0.246 e. The maximum atomic E-state index is 13.8. The zero-order valence-electron chi connectivity index (χ0n) is 19.3. The highest BCUT2D eigenvalue weighted by Crippen LogP contribution is 2.21. The molecule has 0 atom stereocenters. The van der Waals surface area contributed by atoms with E-state index in [4.69, 9.17) is 0 Å². The van der Waals surface area contributed by atoms with Crippen LogP contribution in [0.5, 0.6) is 0 Å². The molecule has 4 rings (SSSR count). The van der Waals surface area contributed by atoms with Crippen LogP contribution >= 0.6 is 0 Å². The fraction of sp³-hybridized carbons (Fsp3) is 0.217. The lowest BCUT2D eigenvalue weighted by molar-refractivity contribution is 0.514. The van der Waals surface area contributed by atoms with Gasteiger partial charge in [0, 0.05) is 31.7 Å². The van der Waals surface area contributed by atoms with Crippen molar-refractivity contribution in [1.82, 2.24) is 19.4 Å². The summed E-state index contributed by atoms with van der Waals surface area (Å²) in [5.41, 5.74) is 0.906. The van der Waals surface area contributed by atoms with Gasteiger partial charge in [-0.3, -0.25) is 0 Å². The van der Waals surface area contributed by atoms with Gasteiger partial charge in [-0.15, -0.1) is 0 Å². The monoisotopic (exact) mass is 548 g/mol. The van der Waals surface area contributed by atoms with Gasteiger partial charge in [0.1, 0.15) is 17.5 Å². The van der Waals surface area contributed by atoms with Gasteiger partial charge in [-0.2, -0.15) is 4.98 Å². The van der Waals surface area contributed by atoms with Crippen molar-refractivity contribution in [3.05, 3.63) is 65.9 Å². The first-order chi connectivity index (χ1) is 17.7. The second kappa shape index (κ2) is 11.2. The molecule has 0 unspecified atom stereocenters. The number of fused-ring (bicyclic) bond motifs is 4. The Bertz CT molecular complexity index is 1570. The molecule has 0 spiro atoms. The smallest absolute Gasteiger partial charge is 0.246 e. The summed E-state index contributed by atoms with van der Waals surface area (Å²) in [6.45, 7) is 0.413. The van der Waals surface area contributed by atoms with E-state index in [0.717, 1.165) is 18.2 Å². The number of nitrogens with one attached hydrogen (secondary N) is 4. The molecular formula is C23H22F2N6O4S2. The number of hydrogen-bond acceptors (Lipinski definition) is 8. The van der Waals surface area contributed by atoms with Crippen LogP contribution in [0.3, 0.4) is 0 Å². The summed E-state index contributed by atoms with van der Waals surface area (Å²) in [4.78, 5) is 7.72. The van der Waals surface area contributed by atoms with Crippen LogP contribution in [0.1, 0.15) is 18.4 Å². The Morgan fingerprint density at radius 2 is 1.84 bits per heavy atom. The van der Waals surface area contributed by atoms with Gasteiger partial charge >= 0.3 is 0 Å².